The number of rotatable bonds is 3. The Morgan fingerprint density at radius 3 is 2.56 bits per heavy atom. The van der Waals surface area contributed by atoms with Gasteiger partial charge in [0.25, 0.3) is 0 Å². The van der Waals surface area contributed by atoms with Gasteiger partial charge in [-0.1, -0.05) is 56.1 Å². The average Bonchev–Trinajstić information content (AvgIpc) is 3.25. The van der Waals surface area contributed by atoms with Crippen molar-refractivity contribution in [3.8, 4) is 0 Å². The maximum Gasteiger partial charge on any atom is 0.245 e. The highest BCUT2D eigenvalue weighted by atomic mass is 35.5. The molecule has 6 rings (SSSR count). The zero-order valence-electron chi connectivity index (χ0n) is 20.5. The van der Waals surface area contributed by atoms with Gasteiger partial charge in [0.15, 0.2) is 0 Å². The van der Waals surface area contributed by atoms with Crippen molar-refractivity contribution in [2.75, 3.05) is 31.5 Å². The topological polar surface area (TPSA) is 83.4 Å². The first kappa shape index (κ1) is 24.2. The monoisotopic (exact) mass is 530 g/mol. The van der Waals surface area contributed by atoms with Crippen molar-refractivity contribution < 1.29 is 14.0 Å². The molecule has 1 spiro atoms. The standard InChI is InChI=1S/C27H29Cl2FN4O2/c1-24(2,3)14-25-26(17-12-19(30)18(29)13-20(17)32-22(26)35)21(15-5-4-6-16(28)11-15)27(25,33-25)23(36)34-9-7-31-8-10-34/h4-6,11-13,21,31,33H,7-10,14H2,1-3H3,(H,32,35)/t21-,25+,26+,27+/m1/s1. The van der Waals surface area contributed by atoms with Gasteiger partial charge in [-0.2, -0.15) is 0 Å². The minimum Gasteiger partial charge on any atom is -0.338 e. The normalized spacial score (nSPS) is 32.6. The number of carbonyl (C=O) groups is 2. The van der Waals surface area contributed by atoms with Crippen LogP contribution in [0.4, 0.5) is 10.1 Å². The van der Waals surface area contributed by atoms with E-state index in [1.807, 2.05) is 23.1 Å². The number of benzene rings is 2. The molecule has 4 atom stereocenters. The minimum absolute atomic E-state index is 0.0143. The Labute approximate surface area is 219 Å². The van der Waals surface area contributed by atoms with E-state index in [0.29, 0.717) is 48.9 Å². The third-order valence-corrected chi connectivity index (χ3v) is 8.90. The quantitative estimate of drug-likeness (QED) is 0.522. The lowest BCUT2D eigenvalue weighted by atomic mass is 9.41. The smallest absolute Gasteiger partial charge is 0.245 e. The Bertz CT molecular complexity index is 1310. The molecule has 0 radical (unpaired) electrons. The lowest BCUT2D eigenvalue weighted by molar-refractivity contribution is -0.143. The number of carbonyl (C=O) groups excluding carboxylic acids is 2. The van der Waals surface area contributed by atoms with Crippen LogP contribution in [0.15, 0.2) is 36.4 Å². The van der Waals surface area contributed by atoms with Crippen LogP contribution < -0.4 is 16.0 Å². The van der Waals surface area contributed by atoms with E-state index in [0.717, 1.165) is 5.56 Å². The predicted octanol–water partition coefficient (Wildman–Crippen LogP) is 4.07. The van der Waals surface area contributed by atoms with Crippen LogP contribution in [0.5, 0.6) is 0 Å². The fourth-order valence-corrected chi connectivity index (χ4v) is 7.70. The maximum absolute atomic E-state index is 15.0. The molecule has 0 aromatic heterocycles. The molecule has 6 nitrogen and oxygen atoms in total. The first-order valence-corrected chi connectivity index (χ1v) is 13.1. The first-order valence-electron chi connectivity index (χ1n) is 12.3. The van der Waals surface area contributed by atoms with E-state index in [1.165, 1.54) is 12.1 Å². The van der Waals surface area contributed by atoms with E-state index in [-0.39, 0.29) is 22.3 Å². The molecule has 3 aliphatic heterocycles. The zero-order valence-corrected chi connectivity index (χ0v) is 22.0. The summed E-state index contributed by atoms with van der Waals surface area (Å²) < 4.78 is 15.0. The molecule has 9 heteroatoms. The molecule has 3 N–H and O–H groups in total. The lowest BCUT2D eigenvalue weighted by Crippen LogP contribution is -2.73. The van der Waals surface area contributed by atoms with Crippen LogP contribution >= 0.6 is 23.2 Å². The second-order valence-electron chi connectivity index (χ2n) is 11.7. The molecule has 3 heterocycles. The summed E-state index contributed by atoms with van der Waals surface area (Å²) in [4.78, 5) is 30.4. The predicted molar refractivity (Wildman–Crippen MR) is 138 cm³/mol. The first-order chi connectivity index (χ1) is 17.0. The second kappa shape index (κ2) is 7.67. The molecule has 36 heavy (non-hydrogen) atoms. The van der Waals surface area contributed by atoms with Crippen molar-refractivity contribution in [3.63, 3.8) is 0 Å². The molecule has 0 bridgehead atoms. The van der Waals surface area contributed by atoms with Crippen molar-refractivity contribution in [2.24, 2.45) is 5.41 Å². The van der Waals surface area contributed by atoms with Crippen molar-refractivity contribution in [1.82, 2.24) is 15.5 Å². The Hall–Kier alpha value is -2.19. The summed E-state index contributed by atoms with van der Waals surface area (Å²) in [6, 6.07) is 10.2. The summed E-state index contributed by atoms with van der Waals surface area (Å²) in [6.07, 6.45) is 0.548. The summed E-state index contributed by atoms with van der Waals surface area (Å²) >= 11 is 12.5. The molecule has 2 aromatic carbocycles. The van der Waals surface area contributed by atoms with E-state index >= 15 is 0 Å². The van der Waals surface area contributed by atoms with E-state index in [1.54, 1.807) is 6.07 Å². The highest BCUT2D eigenvalue weighted by molar-refractivity contribution is 6.31. The number of nitrogens with zero attached hydrogens (tertiary/aromatic N) is 1. The number of halogens is 3. The molecule has 4 aliphatic rings. The van der Waals surface area contributed by atoms with Gasteiger partial charge < -0.3 is 15.5 Å². The molecule has 1 saturated carbocycles. The van der Waals surface area contributed by atoms with Crippen LogP contribution in [0, 0.1) is 11.2 Å². The molecule has 3 fully saturated rings. The Balaban J connectivity index is 1.61. The summed E-state index contributed by atoms with van der Waals surface area (Å²) in [5.41, 5.74) is -1.51. The summed E-state index contributed by atoms with van der Waals surface area (Å²) in [5, 5.41) is 10.4. The molecule has 2 amide bonds. The third kappa shape index (κ3) is 2.91. The van der Waals surface area contributed by atoms with Gasteiger partial charge in [-0.3, -0.25) is 14.9 Å². The molecule has 0 unspecified atom stereocenters. The van der Waals surface area contributed by atoms with Gasteiger partial charge in [0.1, 0.15) is 16.8 Å². The maximum atomic E-state index is 15.0. The van der Waals surface area contributed by atoms with Gasteiger partial charge in [-0.05, 0) is 47.2 Å². The molecule has 2 aromatic rings. The van der Waals surface area contributed by atoms with E-state index in [2.05, 4.69) is 36.7 Å². The van der Waals surface area contributed by atoms with Gasteiger partial charge in [0.05, 0.1) is 10.6 Å². The lowest BCUT2D eigenvalue weighted by Gasteiger charge is -2.57. The largest absolute Gasteiger partial charge is 0.338 e. The van der Waals surface area contributed by atoms with E-state index in [9.17, 15) is 14.0 Å². The number of piperazine rings is 1. The summed E-state index contributed by atoms with van der Waals surface area (Å²) in [5.74, 6) is -1.43. The van der Waals surface area contributed by atoms with Gasteiger partial charge in [0, 0.05) is 42.8 Å². The third-order valence-electron chi connectivity index (χ3n) is 8.37. The fraction of sp³-hybridized carbons (Fsp3) is 0.481. The number of hydrogen-bond donors (Lipinski definition) is 3. The van der Waals surface area contributed by atoms with Crippen LogP contribution in [0.25, 0.3) is 0 Å². The number of anilines is 1. The van der Waals surface area contributed by atoms with Crippen molar-refractivity contribution in [3.05, 3.63) is 63.4 Å². The number of nitrogens with one attached hydrogen (secondary N) is 3. The molecule has 2 saturated heterocycles. The summed E-state index contributed by atoms with van der Waals surface area (Å²) in [7, 11) is 0. The van der Waals surface area contributed by atoms with Crippen LogP contribution in [0.3, 0.4) is 0 Å². The van der Waals surface area contributed by atoms with Crippen molar-refractivity contribution in [1.29, 1.82) is 0 Å². The fourth-order valence-electron chi connectivity index (χ4n) is 7.34. The number of fused-ring (bicyclic) bond motifs is 4. The Morgan fingerprint density at radius 2 is 1.89 bits per heavy atom. The zero-order chi connectivity index (χ0) is 25.7. The van der Waals surface area contributed by atoms with Crippen LogP contribution in [-0.4, -0.2) is 54.0 Å². The number of hydrogen-bond acceptors (Lipinski definition) is 4. The Morgan fingerprint density at radius 1 is 1.17 bits per heavy atom. The molecule has 1 aliphatic carbocycles. The Kier molecular flexibility index (Phi) is 5.15. The highest BCUT2D eigenvalue weighted by Crippen LogP contribution is 2.80. The molecular weight excluding hydrogens is 502 g/mol. The average molecular weight is 531 g/mol. The highest BCUT2D eigenvalue weighted by Gasteiger charge is 2.97. The molecule has 190 valence electrons. The van der Waals surface area contributed by atoms with Crippen LogP contribution in [0.1, 0.15) is 44.2 Å². The van der Waals surface area contributed by atoms with Crippen LogP contribution in [0.2, 0.25) is 10.0 Å². The summed E-state index contributed by atoms with van der Waals surface area (Å²) in [6.45, 7) is 8.91. The minimum atomic E-state index is -1.20. The van der Waals surface area contributed by atoms with Crippen molar-refractivity contribution >= 4 is 40.7 Å². The van der Waals surface area contributed by atoms with Gasteiger partial charge in [0.2, 0.25) is 11.8 Å². The SMILES string of the molecule is CC(C)(C)C[C@@]12N[C@]1(C(=O)N1CCNCC1)[C@H](c1cccc(Cl)c1)[C@@]21C(=O)Nc2cc(Cl)c(F)cc21. The van der Waals surface area contributed by atoms with Gasteiger partial charge in [-0.15, -0.1) is 0 Å². The van der Waals surface area contributed by atoms with Gasteiger partial charge in [-0.25, -0.2) is 4.39 Å². The second-order valence-corrected chi connectivity index (χ2v) is 12.5. The van der Waals surface area contributed by atoms with E-state index in [4.69, 9.17) is 23.2 Å². The van der Waals surface area contributed by atoms with E-state index < -0.39 is 28.2 Å². The number of amides is 2. The van der Waals surface area contributed by atoms with Crippen LogP contribution in [-0.2, 0) is 15.0 Å². The molecular formula is C27H29Cl2FN4O2. The van der Waals surface area contributed by atoms with Crippen molar-refractivity contribution in [2.45, 2.75) is 49.6 Å². The van der Waals surface area contributed by atoms with Gasteiger partial charge >= 0.3 is 0 Å².